The van der Waals surface area contributed by atoms with Gasteiger partial charge in [-0.3, -0.25) is 0 Å². The second-order valence-corrected chi connectivity index (χ2v) is 2.72. The number of carbonyl (C=O) groups is 1. The molecule has 3 heteroatoms. The first kappa shape index (κ1) is 9.04. The monoisotopic (exact) mass is 167 g/mol. The van der Waals surface area contributed by atoms with Gasteiger partial charge in [-0.2, -0.15) is 0 Å². The van der Waals surface area contributed by atoms with Gasteiger partial charge in [0.25, 0.3) is 0 Å². The van der Waals surface area contributed by atoms with E-state index in [4.69, 9.17) is 0 Å². The zero-order valence-corrected chi connectivity index (χ0v) is 7.22. The van der Waals surface area contributed by atoms with Crippen LogP contribution in [0.2, 0.25) is 0 Å². The second-order valence-electron chi connectivity index (χ2n) is 2.72. The Morgan fingerprint density at radius 2 is 2.58 bits per heavy atom. The number of esters is 1. The molecule has 1 heterocycles. The predicted octanol–water partition coefficient (Wildman–Crippen LogP) is 0.623. The molecule has 1 saturated heterocycles. The van der Waals surface area contributed by atoms with Crippen LogP contribution in [0.1, 0.15) is 12.8 Å². The highest BCUT2D eigenvalue weighted by atomic mass is 16.5. The molecule has 1 aliphatic rings. The molecule has 1 unspecified atom stereocenters. The van der Waals surface area contributed by atoms with E-state index in [2.05, 4.69) is 22.4 Å². The summed E-state index contributed by atoms with van der Waals surface area (Å²) in [5.74, 6) is -0.249. The number of hydrogen-bond acceptors (Lipinski definition) is 3. The highest BCUT2D eigenvalue weighted by molar-refractivity contribution is 5.79. The predicted molar refractivity (Wildman–Crippen MR) is 45.7 cm³/mol. The van der Waals surface area contributed by atoms with Crippen LogP contribution in [0.3, 0.4) is 0 Å². The molecular formula is C9H13NO2. The molecule has 1 fully saturated rings. The number of carbonyl (C=O) groups excluding carboxylic acids is 1. The normalized spacial score (nSPS) is 23.1. The maximum Gasteiger partial charge on any atom is 0.327 e. The van der Waals surface area contributed by atoms with Crippen LogP contribution in [0.4, 0.5) is 0 Å². The van der Waals surface area contributed by atoms with Gasteiger partial charge < -0.3 is 10.1 Å². The minimum atomic E-state index is -0.318. The topological polar surface area (TPSA) is 38.3 Å². The van der Waals surface area contributed by atoms with Gasteiger partial charge in [0.15, 0.2) is 0 Å². The molecule has 3 nitrogen and oxygen atoms in total. The zero-order chi connectivity index (χ0) is 8.97. The molecule has 66 valence electrons. The van der Waals surface area contributed by atoms with E-state index >= 15 is 0 Å². The van der Waals surface area contributed by atoms with Gasteiger partial charge in [-0.25, -0.2) is 4.79 Å². The van der Waals surface area contributed by atoms with Crippen LogP contribution < -0.4 is 5.32 Å². The van der Waals surface area contributed by atoms with E-state index < -0.39 is 0 Å². The van der Waals surface area contributed by atoms with Crippen LogP contribution in [0.5, 0.6) is 0 Å². The van der Waals surface area contributed by atoms with Crippen molar-refractivity contribution >= 4 is 5.97 Å². The van der Waals surface area contributed by atoms with Crippen molar-refractivity contribution in [3.63, 3.8) is 0 Å². The highest BCUT2D eigenvalue weighted by Crippen LogP contribution is 2.14. The van der Waals surface area contributed by atoms with Crippen molar-refractivity contribution in [3.05, 3.63) is 17.9 Å². The lowest BCUT2D eigenvalue weighted by Crippen LogP contribution is -2.42. The van der Waals surface area contributed by atoms with Crippen molar-refractivity contribution in [2.45, 2.75) is 18.9 Å². The summed E-state index contributed by atoms with van der Waals surface area (Å²) in [5, 5.41) is 3.06. The fourth-order valence-electron chi connectivity index (χ4n) is 1.33. The van der Waals surface area contributed by atoms with Gasteiger partial charge in [-0.1, -0.05) is 6.58 Å². The van der Waals surface area contributed by atoms with Crippen LogP contribution in [0.25, 0.3) is 0 Å². The minimum absolute atomic E-state index is 0.249. The van der Waals surface area contributed by atoms with Gasteiger partial charge in [0.05, 0.1) is 7.11 Å². The summed E-state index contributed by atoms with van der Waals surface area (Å²) < 4.78 is 4.63. The van der Waals surface area contributed by atoms with Gasteiger partial charge in [0.1, 0.15) is 6.04 Å². The minimum Gasteiger partial charge on any atom is -0.468 e. The van der Waals surface area contributed by atoms with Crippen LogP contribution in [0.15, 0.2) is 17.9 Å². The first-order valence-electron chi connectivity index (χ1n) is 3.99. The molecule has 1 N–H and O–H groups in total. The number of methoxy groups -OCH3 is 1. The lowest BCUT2D eigenvalue weighted by Gasteiger charge is -2.22. The summed E-state index contributed by atoms with van der Waals surface area (Å²) in [7, 11) is 1.39. The summed E-state index contributed by atoms with van der Waals surface area (Å²) in [6, 6.07) is -0.318. The van der Waals surface area contributed by atoms with Crippen LogP contribution >= 0.6 is 0 Å². The second kappa shape index (κ2) is 4.10. The summed E-state index contributed by atoms with van der Waals surface area (Å²) in [6.07, 6.45) is 1.92. The summed E-state index contributed by atoms with van der Waals surface area (Å²) >= 11 is 0. The molecule has 0 radical (unpaired) electrons. The number of rotatable bonds is 1. The van der Waals surface area contributed by atoms with E-state index in [-0.39, 0.29) is 12.0 Å². The third kappa shape index (κ3) is 1.76. The van der Waals surface area contributed by atoms with E-state index in [9.17, 15) is 4.79 Å². The van der Waals surface area contributed by atoms with Gasteiger partial charge in [0, 0.05) is 0 Å². The first-order chi connectivity index (χ1) is 5.79. The average Bonchev–Trinajstić information content (AvgIpc) is 2.16. The largest absolute Gasteiger partial charge is 0.468 e. The van der Waals surface area contributed by atoms with Gasteiger partial charge in [0.2, 0.25) is 0 Å². The smallest absolute Gasteiger partial charge is 0.327 e. The number of hydrogen-bond donors (Lipinski definition) is 1. The molecule has 1 atom stereocenters. The van der Waals surface area contributed by atoms with Crippen molar-refractivity contribution in [2.24, 2.45) is 0 Å². The SMILES string of the molecule is C=C=C1CCCNC1C(=O)OC. The number of ether oxygens (including phenoxy) is 1. The molecule has 0 aliphatic carbocycles. The highest BCUT2D eigenvalue weighted by Gasteiger charge is 2.25. The average molecular weight is 167 g/mol. The lowest BCUT2D eigenvalue weighted by molar-refractivity contribution is -0.142. The standard InChI is InChI=1S/C9H13NO2/c1-3-7-5-4-6-10-8(7)9(11)12-2/h8,10H,1,4-6H2,2H3. The molecule has 0 saturated carbocycles. The van der Waals surface area contributed by atoms with Crippen LogP contribution in [0, 0.1) is 0 Å². The van der Waals surface area contributed by atoms with Crippen LogP contribution in [-0.4, -0.2) is 25.7 Å². The summed E-state index contributed by atoms with van der Waals surface area (Å²) in [4.78, 5) is 11.2. The molecule has 0 aromatic carbocycles. The van der Waals surface area contributed by atoms with E-state index in [1.54, 1.807) is 0 Å². The van der Waals surface area contributed by atoms with Crippen molar-refractivity contribution in [2.75, 3.05) is 13.7 Å². The van der Waals surface area contributed by atoms with Crippen molar-refractivity contribution in [3.8, 4) is 0 Å². The van der Waals surface area contributed by atoms with Crippen molar-refractivity contribution in [1.82, 2.24) is 5.32 Å². The van der Waals surface area contributed by atoms with Gasteiger partial charge >= 0.3 is 5.97 Å². The fraction of sp³-hybridized carbons (Fsp3) is 0.556. The maximum absolute atomic E-state index is 11.2. The third-order valence-electron chi connectivity index (χ3n) is 1.98. The van der Waals surface area contributed by atoms with E-state index in [0.717, 1.165) is 25.0 Å². The quantitative estimate of drug-likeness (QED) is 0.459. The summed E-state index contributed by atoms with van der Waals surface area (Å²) in [6.45, 7) is 4.39. The van der Waals surface area contributed by atoms with Gasteiger partial charge in [-0.15, -0.1) is 5.73 Å². The maximum atomic E-state index is 11.2. The van der Waals surface area contributed by atoms with E-state index in [1.165, 1.54) is 7.11 Å². The number of nitrogens with one attached hydrogen (secondary N) is 1. The van der Waals surface area contributed by atoms with Crippen molar-refractivity contribution in [1.29, 1.82) is 0 Å². The lowest BCUT2D eigenvalue weighted by atomic mass is 9.99. The Bertz CT molecular complexity index is 229. The van der Waals surface area contributed by atoms with Crippen LogP contribution in [-0.2, 0) is 9.53 Å². The molecular weight excluding hydrogens is 154 g/mol. The molecule has 0 bridgehead atoms. The third-order valence-corrected chi connectivity index (χ3v) is 1.98. The molecule has 0 amide bonds. The fourth-order valence-corrected chi connectivity index (χ4v) is 1.33. The first-order valence-corrected chi connectivity index (χ1v) is 3.99. The Kier molecular flexibility index (Phi) is 3.09. The van der Waals surface area contributed by atoms with Gasteiger partial charge in [-0.05, 0) is 25.0 Å². The number of piperidine rings is 1. The molecule has 12 heavy (non-hydrogen) atoms. The molecule has 0 aromatic heterocycles. The Morgan fingerprint density at radius 3 is 3.17 bits per heavy atom. The Morgan fingerprint density at radius 1 is 1.83 bits per heavy atom. The zero-order valence-electron chi connectivity index (χ0n) is 7.22. The Labute approximate surface area is 72.1 Å². The van der Waals surface area contributed by atoms with E-state index in [1.807, 2.05) is 0 Å². The molecule has 1 aliphatic heterocycles. The van der Waals surface area contributed by atoms with E-state index in [0.29, 0.717) is 0 Å². The Hall–Kier alpha value is -1.05. The molecule has 0 aromatic rings. The van der Waals surface area contributed by atoms with Crippen molar-refractivity contribution < 1.29 is 9.53 Å². The summed E-state index contributed by atoms with van der Waals surface area (Å²) in [5.41, 5.74) is 3.68. The molecule has 0 spiro atoms. The molecule has 1 rings (SSSR count). The Balaban J connectivity index is 2.72.